The standard InChI is InChI=1S/C17H28N6S/c1-5-18-16(19-8-6-10-23-11-7-9-21-23)20-12-15-22-14(13-24-15)17(2,3)4/h7,9,11,13H,5-6,8,10,12H2,1-4H3,(H2,18,19,20). The van der Waals surface area contributed by atoms with Crippen LogP contribution in [-0.4, -0.2) is 33.8 Å². The van der Waals surface area contributed by atoms with Crippen LogP contribution in [-0.2, 0) is 18.5 Å². The fraction of sp³-hybridized carbons (Fsp3) is 0.588. The number of hydrogen-bond donors (Lipinski definition) is 2. The molecule has 2 rings (SSSR count). The molecule has 0 aromatic carbocycles. The first kappa shape index (κ1) is 18.4. The van der Waals surface area contributed by atoms with E-state index in [2.05, 4.69) is 58.8 Å². The van der Waals surface area contributed by atoms with Crippen molar-refractivity contribution in [2.24, 2.45) is 4.99 Å². The number of thiazole rings is 1. The van der Waals surface area contributed by atoms with Gasteiger partial charge in [0.1, 0.15) is 5.01 Å². The molecule has 2 aromatic rings. The fourth-order valence-corrected chi connectivity index (χ4v) is 3.04. The van der Waals surface area contributed by atoms with Gasteiger partial charge in [0.2, 0.25) is 0 Å². The number of hydrogen-bond acceptors (Lipinski definition) is 4. The van der Waals surface area contributed by atoms with Gasteiger partial charge < -0.3 is 10.6 Å². The van der Waals surface area contributed by atoms with E-state index in [1.54, 1.807) is 17.5 Å². The van der Waals surface area contributed by atoms with Crippen LogP contribution in [0.2, 0.25) is 0 Å². The zero-order chi connectivity index (χ0) is 17.4. The second-order valence-electron chi connectivity index (χ2n) is 6.62. The quantitative estimate of drug-likeness (QED) is 0.459. The minimum atomic E-state index is 0.0910. The highest BCUT2D eigenvalue weighted by molar-refractivity contribution is 7.09. The molecule has 0 radical (unpaired) electrons. The Kier molecular flexibility index (Phi) is 6.78. The first-order valence-corrected chi connectivity index (χ1v) is 9.31. The van der Waals surface area contributed by atoms with Crippen molar-refractivity contribution in [3.63, 3.8) is 0 Å². The third kappa shape index (κ3) is 5.96. The first-order valence-electron chi connectivity index (χ1n) is 8.43. The number of aryl methyl sites for hydroxylation is 1. The summed E-state index contributed by atoms with van der Waals surface area (Å²) in [4.78, 5) is 9.32. The Labute approximate surface area is 148 Å². The van der Waals surface area contributed by atoms with Crippen molar-refractivity contribution in [2.45, 2.75) is 52.6 Å². The summed E-state index contributed by atoms with van der Waals surface area (Å²) in [5, 5.41) is 14.0. The average molecular weight is 349 g/mol. The Hall–Kier alpha value is -1.89. The summed E-state index contributed by atoms with van der Waals surface area (Å²) in [5.41, 5.74) is 1.23. The summed E-state index contributed by atoms with van der Waals surface area (Å²) < 4.78 is 1.94. The smallest absolute Gasteiger partial charge is 0.191 e. The highest BCUT2D eigenvalue weighted by atomic mass is 32.1. The summed E-state index contributed by atoms with van der Waals surface area (Å²) in [6.07, 6.45) is 4.78. The van der Waals surface area contributed by atoms with E-state index in [9.17, 15) is 0 Å². The van der Waals surface area contributed by atoms with Crippen molar-refractivity contribution in [1.82, 2.24) is 25.4 Å². The number of aromatic nitrogens is 3. The second-order valence-corrected chi connectivity index (χ2v) is 7.56. The lowest BCUT2D eigenvalue weighted by Crippen LogP contribution is -2.38. The van der Waals surface area contributed by atoms with E-state index in [-0.39, 0.29) is 5.41 Å². The van der Waals surface area contributed by atoms with E-state index in [4.69, 9.17) is 0 Å². The maximum absolute atomic E-state index is 4.69. The molecule has 0 saturated carbocycles. The highest BCUT2D eigenvalue weighted by Crippen LogP contribution is 2.24. The summed E-state index contributed by atoms with van der Waals surface area (Å²) in [5.74, 6) is 0.838. The Morgan fingerprint density at radius 2 is 2.17 bits per heavy atom. The highest BCUT2D eigenvalue weighted by Gasteiger charge is 2.17. The zero-order valence-corrected chi connectivity index (χ0v) is 15.9. The van der Waals surface area contributed by atoms with Gasteiger partial charge >= 0.3 is 0 Å². The van der Waals surface area contributed by atoms with Crippen LogP contribution in [0.4, 0.5) is 0 Å². The van der Waals surface area contributed by atoms with Crippen molar-refractivity contribution < 1.29 is 0 Å². The number of rotatable bonds is 7. The fourth-order valence-electron chi connectivity index (χ4n) is 2.10. The van der Waals surface area contributed by atoms with Gasteiger partial charge in [-0.25, -0.2) is 9.98 Å². The molecule has 7 heteroatoms. The van der Waals surface area contributed by atoms with Crippen molar-refractivity contribution in [2.75, 3.05) is 13.1 Å². The molecular weight excluding hydrogens is 320 g/mol. The van der Waals surface area contributed by atoms with Gasteiger partial charge in [0.15, 0.2) is 5.96 Å². The molecule has 0 atom stereocenters. The Morgan fingerprint density at radius 3 is 2.79 bits per heavy atom. The van der Waals surface area contributed by atoms with Crippen LogP contribution >= 0.6 is 11.3 Å². The molecule has 0 aliphatic heterocycles. The number of guanidine groups is 1. The van der Waals surface area contributed by atoms with Crippen molar-refractivity contribution in [3.8, 4) is 0 Å². The maximum Gasteiger partial charge on any atom is 0.191 e. The molecule has 24 heavy (non-hydrogen) atoms. The second kappa shape index (κ2) is 8.82. The topological polar surface area (TPSA) is 67.1 Å². The SMILES string of the molecule is CCNC(=NCc1nc(C(C)(C)C)cs1)NCCCn1cccn1. The third-order valence-electron chi connectivity index (χ3n) is 3.45. The van der Waals surface area contributed by atoms with Crippen LogP contribution in [0.1, 0.15) is 44.8 Å². The minimum Gasteiger partial charge on any atom is -0.357 e. The van der Waals surface area contributed by atoms with E-state index in [1.807, 2.05) is 16.9 Å². The predicted octanol–water partition coefficient (Wildman–Crippen LogP) is 2.78. The number of nitrogens with one attached hydrogen (secondary N) is 2. The molecule has 6 nitrogen and oxygen atoms in total. The first-order chi connectivity index (χ1) is 11.5. The van der Waals surface area contributed by atoms with E-state index in [0.29, 0.717) is 6.54 Å². The molecule has 2 aromatic heterocycles. The summed E-state index contributed by atoms with van der Waals surface area (Å²) in [6, 6.07) is 1.94. The van der Waals surface area contributed by atoms with E-state index in [0.717, 1.165) is 42.7 Å². The molecule has 0 saturated heterocycles. The van der Waals surface area contributed by atoms with E-state index in [1.165, 1.54) is 0 Å². The molecule has 132 valence electrons. The zero-order valence-electron chi connectivity index (χ0n) is 15.0. The van der Waals surface area contributed by atoms with Crippen LogP contribution in [0.25, 0.3) is 0 Å². The van der Waals surface area contributed by atoms with Gasteiger partial charge in [-0.3, -0.25) is 4.68 Å². The van der Waals surface area contributed by atoms with E-state index < -0.39 is 0 Å². The normalized spacial score (nSPS) is 12.4. The van der Waals surface area contributed by atoms with Crippen LogP contribution < -0.4 is 10.6 Å². The molecule has 0 aliphatic carbocycles. The van der Waals surface area contributed by atoms with Gasteiger partial charge in [-0.05, 0) is 19.4 Å². The molecule has 0 unspecified atom stereocenters. The van der Waals surface area contributed by atoms with Crippen LogP contribution in [0.5, 0.6) is 0 Å². The van der Waals surface area contributed by atoms with Crippen molar-refractivity contribution in [1.29, 1.82) is 0 Å². The van der Waals surface area contributed by atoms with Gasteiger partial charge in [-0.2, -0.15) is 5.10 Å². The number of aliphatic imine (C=N–C) groups is 1. The Bertz CT molecular complexity index is 624. The summed E-state index contributed by atoms with van der Waals surface area (Å²) >= 11 is 1.68. The van der Waals surface area contributed by atoms with Crippen molar-refractivity contribution >= 4 is 17.3 Å². The Morgan fingerprint density at radius 1 is 1.33 bits per heavy atom. The van der Waals surface area contributed by atoms with Gasteiger partial charge in [-0.1, -0.05) is 20.8 Å². The van der Waals surface area contributed by atoms with E-state index >= 15 is 0 Å². The third-order valence-corrected chi connectivity index (χ3v) is 4.29. The average Bonchev–Trinajstić information content (AvgIpc) is 3.19. The lowest BCUT2D eigenvalue weighted by molar-refractivity contribution is 0.569. The lowest BCUT2D eigenvalue weighted by Gasteiger charge is -2.14. The maximum atomic E-state index is 4.69. The molecule has 0 aliphatic rings. The lowest BCUT2D eigenvalue weighted by atomic mass is 9.93. The molecule has 0 amide bonds. The van der Waals surface area contributed by atoms with Gasteiger partial charge in [0.05, 0.1) is 12.2 Å². The molecule has 2 heterocycles. The van der Waals surface area contributed by atoms with Gasteiger partial charge in [0, 0.05) is 42.8 Å². The van der Waals surface area contributed by atoms with Crippen molar-refractivity contribution in [3.05, 3.63) is 34.5 Å². The largest absolute Gasteiger partial charge is 0.357 e. The molecule has 0 spiro atoms. The molecule has 0 bridgehead atoms. The van der Waals surface area contributed by atoms with Crippen LogP contribution in [0.15, 0.2) is 28.8 Å². The van der Waals surface area contributed by atoms with Crippen LogP contribution in [0, 0.1) is 0 Å². The summed E-state index contributed by atoms with van der Waals surface area (Å²) in [7, 11) is 0. The molecular formula is C17H28N6S. The monoisotopic (exact) mass is 348 g/mol. The predicted molar refractivity (Wildman–Crippen MR) is 100 cm³/mol. The Balaban J connectivity index is 1.82. The molecule has 2 N–H and O–H groups in total. The minimum absolute atomic E-state index is 0.0910. The van der Waals surface area contributed by atoms with Gasteiger partial charge in [0.25, 0.3) is 0 Å². The van der Waals surface area contributed by atoms with Gasteiger partial charge in [-0.15, -0.1) is 11.3 Å². The number of nitrogens with zero attached hydrogens (tertiary/aromatic N) is 4. The summed E-state index contributed by atoms with van der Waals surface area (Å²) in [6.45, 7) is 11.8. The van der Waals surface area contributed by atoms with Crippen LogP contribution in [0.3, 0.4) is 0 Å². The molecule has 0 fully saturated rings.